The van der Waals surface area contributed by atoms with E-state index in [1.807, 2.05) is 0 Å². The highest BCUT2D eigenvalue weighted by atomic mass is 16.5. The van der Waals surface area contributed by atoms with Gasteiger partial charge in [-0.15, -0.1) is 0 Å². The van der Waals surface area contributed by atoms with E-state index in [0.29, 0.717) is 49.3 Å². The Balaban J connectivity index is 1.68. The Morgan fingerprint density at radius 3 is 2.21 bits per heavy atom. The summed E-state index contributed by atoms with van der Waals surface area (Å²) in [5.41, 5.74) is 2.81. The molecule has 1 atom stereocenters. The fourth-order valence-electron chi connectivity index (χ4n) is 3.92. The summed E-state index contributed by atoms with van der Waals surface area (Å²) in [7, 11) is 1.51. The maximum absolute atomic E-state index is 13.1. The Hall–Kier alpha value is -3.06. The van der Waals surface area contributed by atoms with Crippen LogP contribution in [0.4, 0.5) is 0 Å². The van der Waals surface area contributed by atoms with Gasteiger partial charge in [0.1, 0.15) is 0 Å². The molecule has 1 fully saturated rings. The quantitative estimate of drug-likeness (QED) is 0.597. The zero-order valence-electron chi connectivity index (χ0n) is 20.8. The van der Waals surface area contributed by atoms with Crippen molar-refractivity contribution in [3.05, 3.63) is 59.2 Å². The number of methoxy groups -OCH3 is 1. The minimum Gasteiger partial charge on any atom is -0.493 e. The van der Waals surface area contributed by atoms with Crippen LogP contribution in [-0.4, -0.2) is 56.7 Å². The van der Waals surface area contributed by atoms with Crippen LogP contribution in [0.2, 0.25) is 0 Å². The minimum atomic E-state index is -0.194. The number of nitrogens with one attached hydrogen (secondary N) is 1. The van der Waals surface area contributed by atoms with Crippen LogP contribution in [0.1, 0.15) is 61.1 Å². The van der Waals surface area contributed by atoms with Crippen molar-refractivity contribution in [3.63, 3.8) is 0 Å². The summed E-state index contributed by atoms with van der Waals surface area (Å²) in [5.74, 6) is 1.20. The first-order chi connectivity index (χ1) is 16.3. The van der Waals surface area contributed by atoms with Gasteiger partial charge >= 0.3 is 0 Å². The third-order valence-corrected chi connectivity index (χ3v) is 6.06. The SMILES string of the molecule is COc1cc(C(=O)NC(c2ccc(C(C)C)cc2)C(C)C)ccc1OCC(=O)N1CCOCC1. The second kappa shape index (κ2) is 11.9. The van der Waals surface area contributed by atoms with Crippen LogP contribution in [0.5, 0.6) is 11.5 Å². The fraction of sp³-hybridized carbons (Fsp3) is 0.481. The van der Waals surface area contributed by atoms with E-state index in [2.05, 4.69) is 57.3 Å². The first-order valence-electron chi connectivity index (χ1n) is 11.9. The summed E-state index contributed by atoms with van der Waals surface area (Å²) in [6, 6.07) is 13.3. The van der Waals surface area contributed by atoms with E-state index in [9.17, 15) is 9.59 Å². The molecule has 2 amide bonds. The Morgan fingerprint density at radius 1 is 0.971 bits per heavy atom. The van der Waals surface area contributed by atoms with Crippen molar-refractivity contribution in [1.29, 1.82) is 0 Å². The van der Waals surface area contributed by atoms with Crippen molar-refractivity contribution in [3.8, 4) is 11.5 Å². The first kappa shape index (κ1) is 25.6. The number of hydrogen-bond donors (Lipinski definition) is 1. The van der Waals surface area contributed by atoms with Crippen LogP contribution in [0.25, 0.3) is 0 Å². The van der Waals surface area contributed by atoms with Gasteiger partial charge in [-0.25, -0.2) is 0 Å². The monoisotopic (exact) mass is 468 g/mol. The molecule has 0 saturated carbocycles. The number of amides is 2. The zero-order valence-corrected chi connectivity index (χ0v) is 20.8. The van der Waals surface area contributed by atoms with Gasteiger partial charge in [-0.2, -0.15) is 0 Å². The number of rotatable bonds is 9. The van der Waals surface area contributed by atoms with Gasteiger partial charge in [0.15, 0.2) is 18.1 Å². The van der Waals surface area contributed by atoms with Crippen molar-refractivity contribution in [1.82, 2.24) is 10.2 Å². The van der Waals surface area contributed by atoms with Crippen molar-refractivity contribution in [2.75, 3.05) is 40.0 Å². The van der Waals surface area contributed by atoms with Gasteiger partial charge < -0.3 is 24.4 Å². The molecule has 1 aliphatic rings. The van der Waals surface area contributed by atoms with Crippen molar-refractivity contribution >= 4 is 11.8 Å². The van der Waals surface area contributed by atoms with Crippen LogP contribution in [-0.2, 0) is 9.53 Å². The molecule has 1 saturated heterocycles. The second-order valence-electron chi connectivity index (χ2n) is 9.16. The van der Waals surface area contributed by atoms with E-state index < -0.39 is 0 Å². The maximum atomic E-state index is 13.1. The predicted octanol–water partition coefficient (Wildman–Crippen LogP) is 4.18. The topological polar surface area (TPSA) is 77.1 Å². The highest BCUT2D eigenvalue weighted by Crippen LogP contribution is 2.29. The van der Waals surface area contributed by atoms with Gasteiger partial charge in [-0.1, -0.05) is 52.0 Å². The second-order valence-corrected chi connectivity index (χ2v) is 9.16. The maximum Gasteiger partial charge on any atom is 0.260 e. The molecular formula is C27H36N2O5. The van der Waals surface area contributed by atoms with Crippen molar-refractivity contribution < 1.29 is 23.8 Å². The number of carbonyl (C=O) groups is 2. The van der Waals surface area contributed by atoms with E-state index in [1.54, 1.807) is 23.1 Å². The van der Waals surface area contributed by atoms with Crippen LogP contribution in [0, 0.1) is 5.92 Å². The van der Waals surface area contributed by atoms with Crippen LogP contribution >= 0.6 is 0 Å². The number of benzene rings is 2. The molecule has 1 N–H and O–H groups in total. The van der Waals surface area contributed by atoms with Crippen LogP contribution in [0.15, 0.2) is 42.5 Å². The largest absolute Gasteiger partial charge is 0.493 e. The Morgan fingerprint density at radius 2 is 1.62 bits per heavy atom. The zero-order chi connectivity index (χ0) is 24.7. The Labute approximate surface area is 202 Å². The van der Waals surface area contributed by atoms with Gasteiger partial charge in [0, 0.05) is 18.7 Å². The Bertz CT molecular complexity index is 965. The molecule has 0 radical (unpaired) electrons. The summed E-state index contributed by atoms with van der Waals surface area (Å²) in [6.45, 7) is 10.6. The lowest BCUT2D eigenvalue weighted by atomic mass is 9.93. The van der Waals surface area contributed by atoms with Crippen LogP contribution in [0.3, 0.4) is 0 Å². The molecule has 1 unspecified atom stereocenters. The molecule has 34 heavy (non-hydrogen) atoms. The van der Waals surface area contributed by atoms with Crippen molar-refractivity contribution in [2.24, 2.45) is 5.92 Å². The summed E-state index contributed by atoms with van der Waals surface area (Å²) in [4.78, 5) is 27.2. The molecule has 7 nitrogen and oxygen atoms in total. The van der Waals surface area contributed by atoms with E-state index in [4.69, 9.17) is 14.2 Å². The van der Waals surface area contributed by atoms with Gasteiger partial charge in [0.2, 0.25) is 0 Å². The first-order valence-corrected chi connectivity index (χ1v) is 11.9. The molecule has 0 aromatic heterocycles. The minimum absolute atomic E-state index is 0.0936. The number of ether oxygens (including phenoxy) is 3. The molecule has 1 heterocycles. The predicted molar refractivity (Wildman–Crippen MR) is 131 cm³/mol. The van der Waals surface area contributed by atoms with Crippen molar-refractivity contribution in [2.45, 2.75) is 39.7 Å². The van der Waals surface area contributed by atoms with Gasteiger partial charge in [-0.3, -0.25) is 9.59 Å². The van der Waals surface area contributed by atoms with E-state index in [-0.39, 0.29) is 30.4 Å². The fourth-order valence-corrected chi connectivity index (χ4v) is 3.92. The lowest BCUT2D eigenvalue weighted by molar-refractivity contribution is -0.137. The molecule has 2 aromatic carbocycles. The molecule has 0 spiro atoms. The highest BCUT2D eigenvalue weighted by molar-refractivity contribution is 5.95. The summed E-state index contributed by atoms with van der Waals surface area (Å²) >= 11 is 0. The Kier molecular flexibility index (Phi) is 8.93. The molecule has 1 aliphatic heterocycles. The number of carbonyl (C=O) groups excluding carboxylic acids is 2. The average Bonchev–Trinajstić information content (AvgIpc) is 2.85. The molecule has 184 valence electrons. The summed E-state index contributed by atoms with van der Waals surface area (Å²) in [6.07, 6.45) is 0. The van der Waals surface area contributed by atoms with E-state index >= 15 is 0 Å². The van der Waals surface area contributed by atoms with Crippen LogP contribution < -0.4 is 14.8 Å². The third-order valence-electron chi connectivity index (χ3n) is 6.06. The lowest BCUT2D eigenvalue weighted by Gasteiger charge is -2.26. The third kappa shape index (κ3) is 6.50. The molecule has 7 heteroatoms. The number of morpholine rings is 1. The molecule has 0 aliphatic carbocycles. The van der Waals surface area contributed by atoms with E-state index in [1.165, 1.54) is 12.7 Å². The average molecular weight is 469 g/mol. The van der Waals surface area contributed by atoms with E-state index in [0.717, 1.165) is 5.56 Å². The van der Waals surface area contributed by atoms with Gasteiger partial charge in [0.05, 0.1) is 26.4 Å². The molecule has 3 rings (SSSR count). The molecule has 2 aromatic rings. The normalized spacial score (nSPS) is 14.7. The summed E-state index contributed by atoms with van der Waals surface area (Å²) in [5, 5.41) is 3.15. The van der Waals surface area contributed by atoms with Gasteiger partial charge in [-0.05, 0) is 41.2 Å². The van der Waals surface area contributed by atoms with Gasteiger partial charge in [0.25, 0.3) is 11.8 Å². The standard InChI is InChI=1S/C27H36N2O5/c1-18(2)20-6-8-21(9-7-20)26(19(3)4)28-27(31)22-10-11-23(24(16-22)32-5)34-17-25(30)29-12-14-33-15-13-29/h6-11,16,18-19,26H,12-15,17H2,1-5H3,(H,28,31). The lowest BCUT2D eigenvalue weighted by Crippen LogP contribution is -2.43. The summed E-state index contributed by atoms with van der Waals surface area (Å²) < 4.78 is 16.4. The number of nitrogens with zero attached hydrogens (tertiary/aromatic N) is 1. The molecule has 0 bridgehead atoms. The highest BCUT2D eigenvalue weighted by Gasteiger charge is 2.21. The molecular weight excluding hydrogens is 432 g/mol. The smallest absolute Gasteiger partial charge is 0.260 e. The number of hydrogen-bond acceptors (Lipinski definition) is 5.